The summed E-state index contributed by atoms with van der Waals surface area (Å²) < 4.78 is 15.6. The molecule has 3 N–H and O–H groups in total. The van der Waals surface area contributed by atoms with Gasteiger partial charge >= 0.3 is 23.9 Å². The van der Waals surface area contributed by atoms with Gasteiger partial charge in [0.1, 0.15) is 29.2 Å². The van der Waals surface area contributed by atoms with Gasteiger partial charge in [-0.1, -0.05) is 12.1 Å². The lowest BCUT2D eigenvalue weighted by atomic mass is 10.1. The number of carbonyl (C=O) groups is 4. The summed E-state index contributed by atoms with van der Waals surface area (Å²) in [4.78, 5) is 43.9. The van der Waals surface area contributed by atoms with Crippen LogP contribution in [0.15, 0.2) is 36.4 Å². The lowest BCUT2D eigenvalue weighted by molar-refractivity contribution is 0.0437. The number of rotatable bonds is 5. The number of ether oxygens (including phenoxy) is 3. The molecular formula is C21H18O10. The smallest absolute Gasteiger partial charge is 0.350 e. The zero-order valence-corrected chi connectivity index (χ0v) is 16.1. The maximum Gasteiger partial charge on any atom is 0.350 e. The fourth-order valence-corrected chi connectivity index (χ4v) is 3.12. The summed E-state index contributed by atoms with van der Waals surface area (Å²) >= 11 is 0. The normalized spacial score (nSPS) is 16.7. The highest BCUT2D eigenvalue weighted by Gasteiger charge is 2.33. The van der Waals surface area contributed by atoms with Crippen LogP contribution in [-0.4, -0.2) is 58.5 Å². The number of aromatic hydroxyl groups is 1. The van der Waals surface area contributed by atoms with E-state index in [-0.39, 0.29) is 17.2 Å². The van der Waals surface area contributed by atoms with Gasteiger partial charge in [0, 0.05) is 6.61 Å². The Kier molecular flexibility index (Phi) is 6.51. The first kappa shape index (κ1) is 21.8. The molecule has 0 bridgehead atoms. The van der Waals surface area contributed by atoms with E-state index in [1.165, 1.54) is 6.07 Å². The molecule has 1 atom stereocenters. The summed E-state index contributed by atoms with van der Waals surface area (Å²) in [5.74, 6) is -4.26. The van der Waals surface area contributed by atoms with Crippen LogP contribution in [0.25, 0.3) is 0 Å². The number of hydrogen-bond acceptors (Lipinski definition) is 8. The van der Waals surface area contributed by atoms with Crippen LogP contribution in [0.2, 0.25) is 0 Å². The van der Waals surface area contributed by atoms with Crippen molar-refractivity contribution < 1.29 is 48.7 Å². The molecule has 2 heterocycles. The minimum Gasteiger partial charge on any atom is -0.507 e. The van der Waals surface area contributed by atoms with Gasteiger partial charge in [0.25, 0.3) is 0 Å². The molecule has 10 heteroatoms. The Labute approximate surface area is 175 Å². The van der Waals surface area contributed by atoms with E-state index in [0.29, 0.717) is 12.4 Å². The number of carbonyl (C=O) groups excluding carboxylic acids is 2. The summed E-state index contributed by atoms with van der Waals surface area (Å²) in [6.45, 7) is 1.14. The lowest BCUT2D eigenvalue weighted by Crippen LogP contribution is -2.17. The summed E-state index contributed by atoms with van der Waals surface area (Å²) in [6, 6.07) is 8.39. The topological polar surface area (TPSA) is 157 Å². The third-order valence-electron chi connectivity index (χ3n) is 4.57. The summed E-state index contributed by atoms with van der Waals surface area (Å²) in [5.41, 5.74) is -0.521. The number of carboxylic acids is 2. The van der Waals surface area contributed by atoms with Gasteiger partial charge in [-0.05, 0) is 37.1 Å². The second-order valence-electron chi connectivity index (χ2n) is 6.61. The Morgan fingerprint density at radius 2 is 1.77 bits per heavy atom. The number of cyclic esters (lactones) is 2. The number of hydrogen-bond donors (Lipinski definition) is 3. The van der Waals surface area contributed by atoms with Crippen LogP contribution in [0.4, 0.5) is 0 Å². The monoisotopic (exact) mass is 430 g/mol. The molecule has 162 valence electrons. The summed E-state index contributed by atoms with van der Waals surface area (Å²) in [5, 5.41) is 26.2. The van der Waals surface area contributed by atoms with Crippen molar-refractivity contribution in [2.45, 2.75) is 18.9 Å². The third-order valence-corrected chi connectivity index (χ3v) is 4.57. The van der Waals surface area contributed by atoms with Crippen molar-refractivity contribution in [3.8, 4) is 11.5 Å². The molecule has 2 aliphatic rings. The molecule has 10 nitrogen and oxygen atoms in total. The number of benzene rings is 2. The Balaban J connectivity index is 0.000000187. The molecule has 2 aromatic carbocycles. The largest absolute Gasteiger partial charge is 0.507 e. The first-order chi connectivity index (χ1) is 14.8. The molecule has 4 rings (SSSR count). The molecule has 0 spiro atoms. The Bertz CT molecular complexity index is 1040. The molecule has 0 saturated carbocycles. The first-order valence-electron chi connectivity index (χ1n) is 9.22. The maximum atomic E-state index is 11.5. The summed E-state index contributed by atoms with van der Waals surface area (Å²) in [7, 11) is 0. The van der Waals surface area contributed by atoms with E-state index < -0.39 is 40.8 Å². The molecule has 2 aliphatic heterocycles. The van der Waals surface area contributed by atoms with Gasteiger partial charge in [0.2, 0.25) is 0 Å². The zero-order valence-electron chi connectivity index (χ0n) is 16.1. The van der Waals surface area contributed by atoms with E-state index in [2.05, 4.69) is 4.74 Å². The number of carboxylic acid groups (broad SMARTS) is 2. The van der Waals surface area contributed by atoms with Gasteiger partial charge in [0.05, 0.1) is 17.2 Å². The number of phenols is 1. The maximum absolute atomic E-state index is 11.5. The van der Waals surface area contributed by atoms with Crippen LogP contribution < -0.4 is 4.74 Å². The second kappa shape index (κ2) is 9.26. The molecule has 1 fully saturated rings. The van der Waals surface area contributed by atoms with Crippen molar-refractivity contribution >= 4 is 23.9 Å². The van der Waals surface area contributed by atoms with Gasteiger partial charge in [-0.3, -0.25) is 0 Å². The van der Waals surface area contributed by atoms with Crippen LogP contribution in [0.5, 0.6) is 11.5 Å². The molecule has 31 heavy (non-hydrogen) atoms. The highest BCUT2D eigenvalue weighted by atomic mass is 16.6. The summed E-state index contributed by atoms with van der Waals surface area (Å²) in [6.07, 6.45) is 2.05. The van der Waals surface area contributed by atoms with E-state index in [0.717, 1.165) is 31.6 Å². The van der Waals surface area contributed by atoms with Gasteiger partial charge in [0.15, 0.2) is 0 Å². The van der Waals surface area contributed by atoms with Gasteiger partial charge in [-0.15, -0.1) is 0 Å². The average molecular weight is 430 g/mol. The van der Waals surface area contributed by atoms with Crippen molar-refractivity contribution in [3.05, 3.63) is 58.7 Å². The molecular weight excluding hydrogens is 412 g/mol. The highest BCUT2D eigenvalue weighted by molar-refractivity contribution is 6.16. The molecule has 1 saturated heterocycles. The quantitative estimate of drug-likeness (QED) is 0.475. The SMILES string of the molecule is O=C(O)c1cccc(O)c1C(=O)O.O=C1OC(=O)c2c(OCC3CCCO3)cccc21. The molecule has 0 radical (unpaired) electrons. The van der Waals surface area contributed by atoms with E-state index in [4.69, 9.17) is 24.8 Å². The van der Waals surface area contributed by atoms with E-state index in [9.17, 15) is 19.2 Å². The van der Waals surface area contributed by atoms with Crippen LogP contribution in [0.3, 0.4) is 0 Å². The fourth-order valence-electron chi connectivity index (χ4n) is 3.12. The minimum atomic E-state index is -1.46. The minimum absolute atomic E-state index is 0.0639. The van der Waals surface area contributed by atoms with E-state index >= 15 is 0 Å². The van der Waals surface area contributed by atoms with Crippen LogP contribution in [0, 0.1) is 0 Å². The van der Waals surface area contributed by atoms with Gasteiger partial charge < -0.3 is 29.5 Å². The molecule has 0 aromatic heterocycles. The zero-order chi connectivity index (χ0) is 22.5. The first-order valence-corrected chi connectivity index (χ1v) is 9.22. The van der Waals surface area contributed by atoms with Crippen molar-refractivity contribution in [1.29, 1.82) is 0 Å². The fraction of sp³-hybridized carbons (Fsp3) is 0.238. The third kappa shape index (κ3) is 4.81. The molecule has 0 aliphatic carbocycles. The van der Waals surface area contributed by atoms with Crippen molar-refractivity contribution in [3.63, 3.8) is 0 Å². The highest BCUT2D eigenvalue weighted by Crippen LogP contribution is 2.29. The number of esters is 2. The Morgan fingerprint density at radius 1 is 1.03 bits per heavy atom. The Hall–Kier alpha value is -3.92. The van der Waals surface area contributed by atoms with Crippen molar-refractivity contribution in [2.75, 3.05) is 13.2 Å². The standard InChI is InChI=1S/C13H12O5.C8H6O5/c14-12-9-4-1-5-10(11(9)13(15)18-12)17-7-8-3-2-6-16-8;9-5-3-1-2-4(7(10)11)6(5)8(12)13/h1,4-5,8H,2-3,6-7H2;1-3,9H,(H,10,11)(H,12,13). The van der Waals surface area contributed by atoms with Gasteiger partial charge in [-0.2, -0.15) is 0 Å². The van der Waals surface area contributed by atoms with Gasteiger partial charge in [-0.25, -0.2) is 19.2 Å². The lowest BCUT2D eigenvalue weighted by Gasteiger charge is -2.12. The van der Waals surface area contributed by atoms with Crippen LogP contribution in [0.1, 0.15) is 54.3 Å². The molecule has 2 aromatic rings. The molecule has 0 amide bonds. The van der Waals surface area contributed by atoms with Crippen molar-refractivity contribution in [1.82, 2.24) is 0 Å². The van der Waals surface area contributed by atoms with Crippen molar-refractivity contribution in [2.24, 2.45) is 0 Å². The van der Waals surface area contributed by atoms with E-state index in [1.54, 1.807) is 18.2 Å². The number of fused-ring (bicyclic) bond motifs is 1. The second-order valence-corrected chi connectivity index (χ2v) is 6.61. The number of aromatic carboxylic acids is 2. The van der Waals surface area contributed by atoms with Crippen LogP contribution in [-0.2, 0) is 9.47 Å². The predicted octanol–water partition coefficient (Wildman–Crippen LogP) is 2.34. The average Bonchev–Trinajstić information content (AvgIpc) is 3.35. The van der Waals surface area contributed by atoms with E-state index in [1.807, 2.05) is 0 Å². The Morgan fingerprint density at radius 3 is 2.39 bits per heavy atom. The predicted molar refractivity (Wildman–Crippen MR) is 103 cm³/mol. The molecule has 1 unspecified atom stereocenters. The van der Waals surface area contributed by atoms with Crippen LogP contribution >= 0.6 is 0 Å².